The van der Waals surface area contributed by atoms with Crippen molar-refractivity contribution in [2.45, 2.75) is 12.5 Å². The number of methoxy groups -OCH3 is 2. The fraction of sp³-hybridized carbons (Fsp3) is 0.267. The summed E-state index contributed by atoms with van der Waals surface area (Å²) in [5, 5.41) is 0.460. The van der Waals surface area contributed by atoms with Crippen LogP contribution in [0.15, 0.2) is 30.6 Å². The van der Waals surface area contributed by atoms with Crippen LogP contribution in [0.1, 0.15) is 17.2 Å². The Hall–Kier alpha value is -1.98. The van der Waals surface area contributed by atoms with Gasteiger partial charge in [0.2, 0.25) is 0 Å². The third-order valence-electron chi connectivity index (χ3n) is 3.27. The summed E-state index contributed by atoms with van der Waals surface area (Å²) in [6.45, 7) is 0. The smallest absolute Gasteiger partial charge is 0.179 e. The van der Waals surface area contributed by atoms with Crippen molar-refractivity contribution in [2.75, 3.05) is 20.0 Å². The Labute approximate surface area is 128 Å². The Morgan fingerprint density at radius 2 is 2.05 bits per heavy atom. The molecule has 6 heteroatoms. The highest BCUT2D eigenvalue weighted by molar-refractivity contribution is 6.32. The molecule has 21 heavy (non-hydrogen) atoms. The van der Waals surface area contributed by atoms with Crippen molar-refractivity contribution < 1.29 is 9.47 Å². The second kappa shape index (κ2) is 6.65. The molecule has 2 aromatic rings. The van der Waals surface area contributed by atoms with Crippen molar-refractivity contribution in [3.05, 3.63) is 46.7 Å². The van der Waals surface area contributed by atoms with Gasteiger partial charge in [0.1, 0.15) is 0 Å². The van der Waals surface area contributed by atoms with Crippen molar-refractivity contribution in [3.8, 4) is 11.5 Å². The molecule has 0 bridgehead atoms. The highest BCUT2D eigenvalue weighted by atomic mass is 35.5. The lowest BCUT2D eigenvalue weighted by molar-refractivity contribution is 0.354. The second-order valence-electron chi connectivity index (χ2n) is 4.62. The van der Waals surface area contributed by atoms with Gasteiger partial charge in [0.25, 0.3) is 0 Å². The number of nitrogen functional groups attached to an aromatic ring is 1. The van der Waals surface area contributed by atoms with Gasteiger partial charge >= 0.3 is 0 Å². The van der Waals surface area contributed by atoms with E-state index in [-0.39, 0.29) is 6.04 Å². The predicted octanol–water partition coefficient (Wildman–Crippen LogP) is 2.58. The number of benzene rings is 1. The van der Waals surface area contributed by atoms with Crippen molar-refractivity contribution in [3.63, 3.8) is 0 Å². The molecule has 0 aliphatic carbocycles. The molecule has 0 spiro atoms. The van der Waals surface area contributed by atoms with E-state index in [1.165, 1.54) is 0 Å². The maximum absolute atomic E-state index is 6.24. The number of ether oxygens (including phenoxy) is 2. The fourth-order valence-corrected chi connectivity index (χ4v) is 2.41. The number of rotatable bonds is 5. The van der Waals surface area contributed by atoms with Gasteiger partial charge in [-0.25, -0.2) is 0 Å². The standard InChI is InChI=1S/C15H18ClN3O2/c1-20-14-7-9(5-11(16)15(14)21-2)13(18)6-10-8-19-4-3-12(10)17/h3-5,7-8,13H,6,18H2,1-2H3,(H2,17,19). The molecule has 0 fully saturated rings. The molecule has 1 aromatic heterocycles. The van der Waals surface area contributed by atoms with E-state index < -0.39 is 0 Å². The van der Waals surface area contributed by atoms with Crippen LogP contribution in [0.25, 0.3) is 0 Å². The van der Waals surface area contributed by atoms with E-state index in [1.807, 2.05) is 6.07 Å². The topological polar surface area (TPSA) is 83.4 Å². The lowest BCUT2D eigenvalue weighted by atomic mass is 9.99. The Bertz CT molecular complexity index is 634. The number of nitrogens with zero attached hydrogens (tertiary/aromatic N) is 1. The van der Waals surface area contributed by atoms with E-state index in [0.29, 0.717) is 28.6 Å². The summed E-state index contributed by atoms with van der Waals surface area (Å²) in [5.74, 6) is 1.05. The molecule has 0 saturated carbocycles. The number of nitrogens with two attached hydrogens (primary N) is 2. The van der Waals surface area contributed by atoms with E-state index in [0.717, 1.165) is 11.1 Å². The Morgan fingerprint density at radius 1 is 1.29 bits per heavy atom. The first kappa shape index (κ1) is 15.4. The summed E-state index contributed by atoms with van der Waals surface area (Å²) in [6.07, 6.45) is 3.93. The van der Waals surface area contributed by atoms with Crippen LogP contribution in [0.3, 0.4) is 0 Å². The van der Waals surface area contributed by atoms with Crippen LogP contribution in [0.5, 0.6) is 11.5 Å². The van der Waals surface area contributed by atoms with Crippen LogP contribution in [0, 0.1) is 0 Å². The number of aromatic nitrogens is 1. The minimum absolute atomic E-state index is 0.270. The van der Waals surface area contributed by atoms with E-state index in [1.54, 1.807) is 38.7 Å². The molecule has 0 amide bonds. The first-order valence-electron chi connectivity index (χ1n) is 6.42. The van der Waals surface area contributed by atoms with Crippen LogP contribution < -0.4 is 20.9 Å². The number of pyridine rings is 1. The molecular formula is C15H18ClN3O2. The number of halogens is 1. The SMILES string of the molecule is COc1cc(C(N)Cc2cnccc2N)cc(Cl)c1OC. The normalized spacial score (nSPS) is 12.0. The average molecular weight is 308 g/mol. The number of hydrogen-bond acceptors (Lipinski definition) is 5. The predicted molar refractivity (Wildman–Crippen MR) is 83.8 cm³/mol. The maximum atomic E-state index is 6.24. The Morgan fingerprint density at radius 3 is 2.67 bits per heavy atom. The molecular weight excluding hydrogens is 290 g/mol. The highest BCUT2D eigenvalue weighted by Crippen LogP contribution is 2.37. The van der Waals surface area contributed by atoms with Crippen molar-refractivity contribution >= 4 is 17.3 Å². The Balaban J connectivity index is 2.29. The van der Waals surface area contributed by atoms with Crippen LogP contribution in [-0.4, -0.2) is 19.2 Å². The molecule has 112 valence electrons. The van der Waals surface area contributed by atoms with Gasteiger partial charge in [-0.2, -0.15) is 0 Å². The van der Waals surface area contributed by atoms with E-state index in [9.17, 15) is 0 Å². The molecule has 5 nitrogen and oxygen atoms in total. The lowest BCUT2D eigenvalue weighted by Crippen LogP contribution is -2.15. The molecule has 0 saturated heterocycles. The Kier molecular flexibility index (Phi) is 4.88. The van der Waals surface area contributed by atoms with Crippen molar-refractivity contribution in [1.82, 2.24) is 4.98 Å². The molecule has 1 unspecified atom stereocenters. The molecule has 4 N–H and O–H groups in total. The fourth-order valence-electron chi connectivity index (χ4n) is 2.12. The summed E-state index contributed by atoms with van der Waals surface area (Å²) in [6, 6.07) is 5.08. The largest absolute Gasteiger partial charge is 0.493 e. The van der Waals surface area contributed by atoms with Crippen molar-refractivity contribution in [1.29, 1.82) is 0 Å². The van der Waals surface area contributed by atoms with Gasteiger partial charge in [0.05, 0.1) is 19.2 Å². The second-order valence-corrected chi connectivity index (χ2v) is 5.03. The summed E-state index contributed by atoms with van der Waals surface area (Å²) >= 11 is 6.19. The molecule has 0 radical (unpaired) electrons. The van der Waals surface area contributed by atoms with Gasteiger partial charge in [-0.1, -0.05) is 11.6 Å². The lowest BCUT2D eigenvalue weighted by Gasteiger charge is -2.17. The maximum Gasteiger partial charge on any atom is 0.179 e. The highest BCUT2D eigenvalue weighted by Gasteiger charge is 2.16. The minimum Gasteiger partial charge on any atom is -0.493 e. The van der Waals surface area contributed by atoms with Gasteiger partial charge in [-0.15, -0.1) is 0 Å². The molecule has 2 rings (SSSR count). The van der Waals surface area contributed by atoms with Crippen LogP contribution in [0.2, 0.25) is 5.02 Å². The summed E-state index contributed by atoms with van der Waals surface area (Å²) in [5.41, 5.74) is 14.6. The van der Waals surface area contributed by atoms with Gasteiger partial charge < -0.3 is 20.9 Å². The third-order valence-corrected chi connectivity index (χ3v) is 3.55. The zero-order valence-electron chi connectivity index (χ0n) is 12.0. The number of anilines is 1. The molecule has 1 aromatic carbocycles. The third kappa shape index (κ3) is 3.37. The molecule has 0 aliphatic rings. The van der Waals surface area contributed by atoms with Gasteiger partial charge in [0, 0.05) is 24.1 Å². The van der Waals surface area contributed by atoms with E-state index in [2.05, 4.69) is 4.98 Å². The molecule has 1 atom stereocenters. The molecule has 0 aliphatic heterocycles. The number of hydrogen-bond donors (Lipinski definition) is 2. The summed E-state index contributed by atoms with van der Waals surface area (Å²) in [7, 11) is 3.10. The first-order chi connectivity index (χ1) is 10.1. The van der Waals surface area contributed by atoms with Crippen molar-refractivity contribution in [2.24, 2.45) is 5.73 Å². The van der Waals surface area contributed by atoms with E-state index >= 15 is 0 Å². The van der Waals surface area contributed by atoms with Gasteiger partial charge in [-0.05, 0) is 35.7 Å². The monoisotopic (exact) mass is 307 g/mol. The quantitative estimate of drug-likeness (QED) is 0.887. The first-order valence-corrected chi connectivity index (χ1v) is 6.80. The average Bonchev–Trinajstić information content (AvgIpc) is 2.48. The van der Waals surface area contributed by atoms with Crippen LogP contribution in [0.4, 0.5) is 5.69 Å². The summed E-state index contributed by atoms with van der Waals surface area (Å²) < 4.78 is 10.5. The van der Waals surface area contributed by atoms with Crippen LogP contribution in [-0.2, 0) is 6.42 Å². The zero-order chi connectivity index (χ0) is 15.4. The summed E-state index contributed by atoms with van der Waals surface area (Å²) in [4.78, 5) is 4.06. The van der Waals surface area contributed by atoms with Gasteiger partial charge in [0.15, 0.2) is 11.5 Å². The van der Waals surface area contributed by atoms with Gasteiger partial charge in [-0.3, -0.25) is 4.98 Å². The molecule has 1 heterocycles. The minimum atomic E-state index is -0.270. The zero-order valence-corrected chi connectivity index (χ0v) is 12.7. The van der Waals surface area contributed by atoms with Crippen LogP contribution >= 0.6 is 11.6 Å². The van der Waals surface area contributed by atoms with E-state index in [4.69, 9.17) is 32.5 Å².